The average molecular weight is 343 g/mol. The summed E-state index contributed by atoms with van der Waals surface area (Å²) in [7, 11) is 1.67. The Morgan fingerprint density at radius 1 is 1.20 bits per heavy atom. The van der Waals surface area contributed by atoms with E-state index in [-0.39, 0.29) is 24.4 Å². The van der Waals surface area contributed by atoms with E-state index in [0.717, 1.165) is 36.1 Å². The van der Waals surface area contributed by atoms with Gasteiger partial charge in [0.05, 0.1) is 0 Å². The van der Waals surface area contributed by atoms with Gasteiger partial charge in [-0.05, 0) is 37.0 Å². The van der Waals surface area contributed by atoms with Gasteiger partial charge in [-0.15, -0.1) is 0 Å². The van der Waals surface area contributed by atoms with Gasteiger partial charge in [0.1, 0.15) is 12.1 Å². The Hall–Kier alpha value is -2.37. The van der Waals surface area contributed by atoms with Crippen LogP contribution in [0.15, 0.2) is 24.3 Å². The van der Waals surface area contributed by atoms with Crippen LogP contribution < -0.4 is 5.32 Å². The lowest BCUT2D eigenvalue weighted by atomic mass is 9.81. The molecule has 3 rings (SSSR count). The second kappa shape index (κ2) is 6.86. The SMILES string of the molecule is CCc1cccc(NC(=O)CN2C(=O)N(C)C3(CCCCC3)C2=O)c1. The molecule has 1 aromatic rings. The summed E-state index contributed by atoms with van der Waals surface area (Å²) in [5, 5.41) is 2.79. The van der Waals surface area contributed by atoms with E-state index in [1.54, 1.807) is 18.0 Å². The number of nitrogens with zero attached hydrogens (tertiary/aromatic N) is 2. The quantitative estimate of drug-likeness (QED) is 0.855. The van der Waals surface area contributed by atoms with Gasteiger partial charge in [-0.2, -0.15) is 0 Å². The minimum Gasteiger partial charge on any atom is -0.325 e. The molecule has 1 N–H and O–H groups in total. The number of amides is 4. The van der Waals surface area contributed by atoms with Crippen molar-refractivity contribution in [1.82, 2.24) is 9.80 Å². The van der Waals surface area contributed by atoms with Gasteiger partial charge in [0.25, 0.3) is 5.91 Å². The Morgan fingerprint density at radius 2 is 1.92 bits per heavy atom. The molecule has 6 heteroatoms. The molecule has 1 aliphatic heterocycles. The number of urea groups is 1. The first-order chi connectivity index (χ1) is 12.0. The van der Waals surface area contributed by atoms with Crippen LogP contribution in [0.25, 0.3) is 0 Å². The van der Waals surface area contributed by atoms with E-state index in [2.05, 4.69) is 5.32 Å². The molecule has 2 aliphatic rings. The standard InChI is InChI=1S/C19H25N3O3/c1-3-14-8-7-9-15(12-14)20-16(23)13-22-17(24)19(21(2)18(22)25)10-5-4-6-11-19/h7-9,12H,3-6,10-11,13H2,1-2H3,(H,20,23). The number of hydrogen-bond donors (Lipinski definition) is 1. The summed E-state index contributed by atoms with van der Waals surface area (Å²) in [4.78, 5) is 40.4. The highest BCUT2D eigenvalue weighted by Gasteiger charge is 2.55. The summed E-state index contributed by atoms with van der Waals surface area (Å²) in [5.74, 6) is -0.576. The Kier molecular flexibility index (Phi) is 4.79. The van der Waals surface area contributed by atoms with E-state index in [1.807, 2.05) is 25.1 Å². The largest absolute Gasteiger partial charge is 0.327 e. The lowest BCUT2D eigenvalue weighted by molar-refractivity contribution is -0.136. The van der Waals surface area contributed by atoms with Crippen LogP contribution in [0.1, 0.15) is 44.6 Å². The molecule has 0 aromatic heterocycles. The maximum atomic E-state index is 12.9. The topological polar surface area (TPSA) is 69.7 Å². The molecule has 2 fully saturated rings. The number of imide groups is 1. The van der Waals surface area contributed by atoms with E-state index >= 15 is 0 Å². The number of likely N-dealkylation sites (N-methyl/N-ethyl adjacent to an activating group) is 1. The molecular weight excluding hydrogens is 318 g/mol. The number of carbonyl (C=O) groups is 3. The van der Waals surface area contributed by atoms with Crippen LogP contribution in [-0.4, -0.2) is 46.8 Å². The normalized spacial score (nSPS) is 19.6. The molecule has 0 atom stereocenters. The first kappa shape index (κ1) is 17.5. The number of hydrogen-bond acceptors (Lipinski definition) is 3. The molecular formula is C19H25N3O3. The summed E-state index contributed by atoms with van der Waals surface area (Å²) in [6.45, 7) is 1.81. The van der Waals surface area contributed by atoms with Gasteiger partial charge in [-0.1, -0.05) is 38.3 Å². The van der Waals surface area contributed by atoms with Gasteiger partial charge in [0, 0.05) is 12.7 Å². The smallest absolute Gasteiger partial charge is 0.325 e. The van der Waals surface area contributed by atoms with E-state index < -0.39 is 5.54 Å². The molecule has 1 heterocycles. The third-order valence-corrected chi connectivity index (χ3v) is 5.40. The molecule has 1 aliphatic carbocycles. The van der Waals surface area contributed by atoms with Crippen LogP contribution in [-0.2, 0) is 16.0 Å². The van der Waals surface area contributed by atoms with Crippen molar-refractivity contribution in [2.24, 2.45) is 0 Å². The minimum absolute atomic E-state index is 0.225. The monoisotopic (exact) mass is 343 g/mol. The first-order valence-electron chi connectivity index (χ1n) is 8.96. The fraction of sp³-hybridized carbons (Fsp3) is 0.526. The molecule has 0 radical (unpaired) electrons. The van der Waals surface area contributed by atoms with Gasteiger partial charge >= 0.3 is 6.03 Å². The Balaban J connectivity index is 1.70. The van der Waals surface area contributed by atoms with Crippen LogP contribution in [0.3, 0.4) is 0 Å². The van der Waals surface area contributed by atoms with Crippen molar-refractivity contribution < 1.29 is 14.4 Å². The van der Waals surface area contributed by atoms with Gasteiger partial charge < -0.3 is 10.2 Å². The molecule has 1 spiro atoms. The maximum Gasteiger partial charge on any atom is 0.327 e. The zero-order valence-electron chi connectivity index (χ0n) is 14.9. The van der Waals surface area contributed by atoms with Crippen LogP contribution in [0, 0.1) is 0 Å². The predicted molar refractivity (Wildman–Crippen MR) is 95.1 cm³/mol. The van der Waals surface area contributed by atoms with Crippen molar-refractivity contribution in [3.63, 3.8) is 0 Å². The number of benzene rings is 1. The number of rotatable bonds is 4. The highest BCUT2D eigenvalue weighted by Crippen LogP contribution is 2.39. The average Bonchev–Trinajstić information content (AvgIpc) is 2.79. The number of carbonyl (C=O) groups excluding carboxylic acids is 3. The third kappa shape index (κ3) is 3.13. The van der Waals surface area contributed by atoms with Crippen LogP contribution in [0.4, 0.5) is 10.5 Å². The fourth-order valence-corrected chi connectivity index (χ4v) is 3.88. The molecule has 0 unspecified atom stereocenters. The van der Waals surface area contributed by atoms with Crippen LogP contribution in [0.5, 0.6) is 0 Å². The zero-order valence-corrected chi connectivity index (χ0v) is 14.9. The molecule has 0 bridgehead atoms. The number of aryl methyl sites for hydroxylation is 1. The Morgan fingerprint density at radius 3 is 2.60 bits per heavy atom. The summed E-state index contributed by atoms with van der Waals surface area (Å²) in [5.41, 5.74) is 1.06. The summed E-state index contributed by atoms with van der Waals surface area (Å²) in [6, 6.07) is 7.21. The molecule has 134 valence electrons. The van der Waals surface area contributed by atoms with E-state index in [1.165, 1.54) is 0 Å². The van der Waals surface area contributed by atoms with Crippen molar-refractivity contribution >= 4 is 23.5 Å². The van der Waals surface area contributed by atoms with Crippen molar-refractivity contribution in [3.05, 3.63) is 29.8 Å². The van der Waals surface area contributed by atoms with Crippen molar-refractivity contribution in [1.29, 1.82) is 0 Å². The van der Waals surface area contributed by atoms with Gasteiger partial charge in [0.15, 0.2) is 0 Å². The van der Waals surface area contributed by atoms with Crippen molar-refractivity contribution in [3.8, 4) is 0 Å². The first-order valence-corrected chi connectivity index (χ1v) is 8.96. The summed E-state index contributed by atoms with van der Waals surface area (Å²) < 4.78 is 0. The second-order valence-electron chi connectivity index (χ2n) is 6.93. The van der Waals surface area contributed by atoms with E-state index in [4.69, 9.17) is 0 Å². The molecule has 1 aromatic carbocycles. The van der Waals surface area contributed by atoms with Gasteiger partial charge in [-0.3, -0.25) is 14.5 Å². The maximum absolute atomic E-state index is 12.9. The van der Waals surface area contributed by atoms with Crippen LogP contribution in [0.2, 0.25) is 0 Å². The highest BCUT2D eigenvalue weighted by atomic mass is 16.2. The minimum atomic E-state index is -0.738. The lowest BCUT2D eigenvalue weighted by Crippen LogP contribution is -2.49. The number of anilines is 1. The van der Waals surface area contributed by atoms with E-state index in [9.17, 15) is 14.4 Å². The zero-order chi connectivity index (χ0) is 18.0. The van der Waals surface area contributed by atoms with Crippen LogP contribution >= 0.6 is 0 Å². The van der Waals surface area contributed by atoms with Crippen molar-refractivity contribution in [2.45, 2.75) is 51.0 Å². The predicted octanol–water partition coefficient (Wildman–Crippen LogP) is 2.78. The number of nitrogens with one attached hydrogen (secondary N) is 1. The molecule has 1 saturated carbocycles. The molecule has 1 saturated heterocycles. The van der Waals surface area contributed by atoms with E-state index in [0.29, 0.717) is 18.5 Å². The fourth-order valence-electron chi connectivity index (χ4n) is 3.88. The molecule has 25 heavy (non-hydrogen) atoms. The van der Waals surface area contributed by atoms with Crippen molar-refractivity contribution in [2.75, 3.05) is 18.9 Å². The molecule has 4 amide bonds. The lowest BCUT2D eigenvalue weighted by Gasteiger charge is -2.35. The Bertz CT molecular complexity index is 695. The third-order valence-electron chi connectivity index (χ3n) is 5.40. The molecule has 6 nitrogen and oxygen atoms in total. The summed E-state index contributed by atoms with van der Waals surface area (Å²) >= 11 is 0. The van der Waals surface area contributed by atoms with Gasteiger partial charge in [0.2, 0.25) is 5.91 Å². The Labute approximate surface area is 148 Å². The summed E-state index contributed by atoms with van der Waals surface area (Å²) in [6.07, 6.45) is 5.21. The highest BCUT2D eigenvalue weighted by molar-refractivity contribution is 6.10. The second-order valence-corrected chi connectivity index (χ2v) is 6.93. The van der Waals surface area contributed by atoms with Gasteiger partial charge in [-0.25, -0.2) is 4.79 Å².